The second-order valence-electron chi connectivity index (χ2n) is 10.4. The Morgan fingerprint density at radius 1 is 0.833 bits per heavy atom. The Morgan fingerprint density at radius 2 is 1.38 bits per heavy atom. The maximum Gasteiger partial charge on any atom is 0.408 e. The van der Waals surface area contributed by atoms with Crippen LogP contribution in [0, 0.1) is 0 Å². The number of carbonyl (C=O) groups excluding carboxylic acids is 6. The molecule has 14 heteroatoms. The largest absolute Gasteiger partial charge is 0.463 e. The Bertz CT molecular complexity index is 1140. The number of nitrogens with one attached hydrogen (secondary N) is 1. The van der Waals surface area contributed by atoms with Crippen molar-refractivity contribution >= 4 is 46.8 Å². The Labute approximate surface area is 248 Å². The average Bonchev–Trinajstić information content (AvgIpc) is 2.84. The van der Waals surface area contributed by atoms with Gasteiger partial charge < -0.3 is 33.7 Å². The van der Waals surface area contributed by atoms with Gasteiger partial charge in [-0.25, -0.2) is 4.79 Å². The van der Waals surface area contributed by atoms with Crippen molar-refractivity contribution in [3.05, 3.63) is 35.9 Å². The van der Waals surface area contributed by atoms with E-state index in [1.807, 2.05) is 0 Å². The fourth-order valence-corrected chi connectivity index (χ4v) is 5.05. The van der Waals surface area contributed by atoms with Gasteiger partial charge in [-0.05, 0) is 26.3 Å². The SMILES string of the molecule is CC(=O)OC[C@H]1O[C@@H](SC(=O)[C@H](Cc2ccccc2)NC(=O)OC(C)(C)C)[C@H](OC(C)=O)[C@@H](OC(C)=O)[C@@H]1OC(C)=O. The average molecular weight is 612 g/mol. The summed E-state index contributed by atoms with van der Waals surface area (Å²) in [5, 5.41) is 1.97. The molecule has 0 saturated carbocycles. The van der Waals surface area contributed by atoms with Crippen LogP contribution in [0.25, 0.3) is 0 Å². The van der Waals surface area contributed by atoms with Gasteiger partial charge in [-0.1, -0.05) is 42.1 Å². The number of benzene rings is 1. The summed E-state index contributed by atoms with van der Waals surface area (Å²) in [6.07, 6.45) is -6.19. The molecule has 1 fully saturated rings. The van der Waals surface area contributed by atoms with Crippen LogP contribution < -0.4 is 5.32 Å². The van der Waals surface area contributed by atoms with Crippen molar-refractivity contribution in [1.82, 2.24) is 5.32 Å². The number of amides is 1. The Morgan fingerprint density at radius 3 is 1.90 bits per heavy atom. The van der Waals surface area contributed by atoms with Crippen molar-refractivity contribution in [3.8, 4) is 0 Å². The van der Waals surface area contributed by atoms with Crippen molar-refractivity contribution < 1.29 is 57.2 Å². The minimum Gasteiger partial charge on any atom is -0.463 e. The topological polar surface area (TPSA) is 170 Å². The fourth-order valence-electron chi connectivity index (χ4n) is 3.97. The lowest BCUT2D eigenvalue weighted by Crippen LogP contribution is -2.62. The number of alkyl carbamates (subject to hydrolysis) is 1. The zero-order chi connectivity index (χ0) is 31.6. The highest BCUT2D eigenvalue weighted by Gasteiger charge is 2.53. The van der Waals surface area contributed by atoms with Crippen molar-refractivity contribution in [2.75, 3.05) is 6.61 Å². The summed E-state index contributed by atoms with van der Waals surface area (Å²) >= 11 is 0.567. The van der Waals surface area contributed by atoms with E-state index in [9.17, 15) is 28.8 Å². The lowest BCUT2D eigenvalue weighted by atomic mass is 9.99. The van der Waals surface area contributed by atoms with Gasteiger partial charge in [0.05, 0.1) is 0 Å². The van der Waals surface area contributed by atoms with Gasteiger partial charge in [0.1, 0.15) is 24.4 Å². The van der Waals surface area contributed by atoms with Gasteiger partial charge in [0.15, 0.2) is 23.7 Å². The highest BCUT2D eigenvalue weighted by molar-refractivity contribution is 8.14. The Hall–Kier alpha value is -3.65. The van der Waals surface area contributed by atoms with Crippen LogP contribution in [0.2, 0.25) is 0 Å². The lowest BCUT2D eigenvalue weighted by molar-refractivity contribution is -0.237. The van der Waals surface area contributed by atoms with Crippen LogP contribution in [0.5, 0.6) is 0 Å². The van der Waals surface area contributed by atoms with Crippen molar-refractivity contribution in [2.45, 2.75) is 96.4 Å². The summed E-state index contributed by atoms with van der Waals surface area (Å²) in [4.78, 5) is 74.0. The molecule has 1 heterocycles. The molecule has 1 aromatic carbocycles. The summed E-state index contributed by atoms with van der Waals surface area (Å²) in [5.41, 5.74) is -1.44. The van der Waals surface area contributed by atoms with Gasteiger partial charge in [0.2, 0.25) is 5.12 Å². The van der Waals surface area contributed by atoms with E-state index in [-0.39, 0.29) is 6.42 Å². The quantitative estimate of drug-likeness (QED) is 0.303. The first-order valence-corrected chi connectivity index (χ1v) is 14.0. The first kappa shape index (κ1) is 34.6. The second-order valence-corrected chi connectivity index (χ2v) is 11.5. The van der Waals surface area contributed by atoms with Crippen molar-refractivity contribution in [2.24, 2.45) is 0 Å². The molecule has 42 heavy (non-hydrogen) atoms. The molecule has 0 bridgehead atoms. The van der Waals surface area contributed by atoms with Crippen LogP contribution in [0.3, 0.4) is 0 Å². The molecule has 1 saturated heterocycles. The van der Waals surface area contributed by atoms with Gasteiger partial charge in [-0.3, -0.25) is 24.0 Å². The number of hydrogen-bond acceptors (Lipinski definition) is 13. The number of hydrogen-bond donors (Lipinski definition) is 1. The Kier molecular flexibility index (Phi) is 12.8. The van der Waals surface area contributed by atoms with E-state index in [1.165, 1.54) is 0 Å². The predicted octanol–water partition coefficient (Wildman–Crippen LogP) is 2.47. The molecule has 0 aromatic heterocycles. The minimum atomic E-state index is -1.43. The van der Waals surface area contributed by atoms with E-state index >= 15 is 0 Å². The Balaban J connectivity index is 2.46. The van der Waals surface area contributed by atoms with E-state index in [1.54, 1.807) is 51.1 Å². The first-order chi connectivity index (χ1) is 19.6. The lowest BCUT2D eigenvalue weighted by Gasteiger charge is -2.44. The maximum absolute atomic E-state index is 13.7. The standard InChI is InChI=1S/C28H37NO12S/c1-15(30)36-14-21-22(37-16(2)31)23(38-17(3)32)24(39-18(4)33)26(40-21)42-25(34)20(13-19-11-9-8-10-12-19)29-27(35)41-28(5,6)7/h8-12,20-24,26H,13-14H2,1-7H3,(H,29,35)/t20-,21+,22+,23-,24+,26-/m0/s1. The molecule has 6 atom stereocenters. The van der Waals surface area contributed by atoms with Gasteiger partial charge >= 0.3 is 30.0 Å². The number of esters is 4. The van der Waals surface area contributed by atoms with Crippen LogP contribution in [0.15, 0.2) is 30.3 Å². The van der Waals surface area contributed by atoms with E-state index in [0.29, 0.717) is 11.8 Å². The van der Waals surface area contributed by atoms with Gasteiger partial charge in [0, 0.05) is 34.1 Å². The summed E-state index contributed by atoms with van der Waals surface area (Å²) < 4.78 is 32.6. The fraction of sp³-hybridized carbons (Fsp3) is 0.571. The third-order valence-corrected chi connectivity index (χ3v) is 6.57. The molecule has 1 aliphatic heterocycles. The summed E-state index contributed by atoms with van der Waals surface area (Å²) in [6.45, 7) is 9.04. The molecule has 0 aliphatic carbocycles. The first-order valence-electron chi connectivity index (χ1n) is 13.1. The molecule has 1 aliphatic rings. The van der Waals surface area contributed by atoms with Crippen molar-refractivity contribution in [1.29, 1.82) is 0 Å². The normalized spacial score (nSPS) is 22.6. The predicted molar refractivity (Wildman–Crippen MR) is 148 cm³/mol. The molecule has 1 aromatic rings. The minimum absolute atomic E-state index is 0.0805. The molecule has 0 spiro atoms. The third kappa shape index (κ3) is 11.7. The van der Waals surface area contributed by atoms with Gasteiger partial charge in [0.25, 0.3) is 0 Å². The monoisotopic (exact) mass is 611 g/mol. The number of ether oxygens (including phenoxy) is 6. The van der Waals surface area contributed by atoms with Crippen molar-refractivity contribution in [3.63, 3.8) is 0 Å². The summed E-state index contributed by atoms with van der Waals surface area (Å²) in [5.74, 6) is -3.05. The molecule has 0 unspecified atom stereocenters. The zero-order valence-electron chi connectivity index (χ0n) is 24.6. The van der Waals surface area contributed by atoms with Gasteiger partial charge in [-0.2, -0.15) is 0 Å². The highest BCUT2D eigenvalue weighted by Crippen LogP contribution is 2.35. The molecular formula is C28H37NO12S. The summed E-state index contributed by atoms with van der Waals surface area (Å²) in [6, 6.07) is 7.77. The molecule has 1 amide bonds. The van der Waals surface area contributed by atoms with Crippen LogP contribution in [0.4, 0.5) is 4.79 Å². The second kappa shape index (κ2) is 15.5. The maximum atomic E-state index is 13.7. The molecule has 2 rings (SSSR count). The summed E-state index contributed by atoms with van der Waals surface area (Å²) in [7, 11) is 0. The smallest absolute Gasteiger partial charge is 0.408 e. The molecular weight excluding hydrogens is 574 g/mol. The third-order valence-electron chi connectivity index (χ3n) is 5.44. The van der Waals surface area contributed by atoms with Crippen LogP contribution in [-0.4, -0.2) is 83.2 Å². The molecule has 232 valence electrons. The van der Waals surface area contributed by atoms with E-state index in [4.69, 9.17) is 28.4 Å². The zero-order valence-corrected chi connectivity index (χ0v) is 25.4. The van der Waals surface area contributed by atoms with Crippen LogP contribution in [-0.2, 0) is 58.8 Å². The van der Waals surface area contributed by atoms with Crippen LogP contribution >= 0.6 is 11.8 Å². The molecule has 13 nitrogen and oxygen atoms in total. The number of rotatable bonds is 10. The molecule has 1 N–H and O–H groups in total. The van der Waals surface area contributed by atoms with E-state index in [2.05, 4.69) is 5.32 Å². The highest BCUT2D eigenvalue weighted by atomic mass is 32.2. The van der Waals surface area contributed by atoms with E-state index in [0.717, 1.165) is 33.3 Å². The van der Waals surface area contributed by atoms with Gasteiger partial charge in [-0.15, -0.1) is 0 Å². The van der Waals surface area contributed by atoms with Crippen LogP contribution in [0.1, 0.15) is 54.0 Å². The number of thioether (sulfide) groups is 1. The molecule has 0 radical (unpaired) electrons. The van der Waals surface area contributed by atoms with E-state index < -0.39 is 83.2 Å². The number of carbonyl (C=O) groups is 6.